The topological polar surface area (TPSA) is 41.6 Å². The van der Waals surface area contributed by atoms with Crippen LogP contribution in [0, 0.1) is 5.92 Å². The highest BCUT2D eigenvalue weighted by Crippen LogP contribution is 2.20. The molecular weight excluding hydrogens is 276 g/mol. The SMILES string of the molecule is O=C(NC(CN1CCCC1)c1ccccc1)C1CCOCC1. The molecule has 2 fully saturated rings. The summed E-state index contributed by atoms with van der Waals surface area (Å²) in [6.07, 6.45) is 4.24. The van der Waals surface area contributed by atoms with Crippen LogP contribution in [0.15, 0.2) is 30.3 Å². The Bertz CT molecular complexity index is 465. The Morgan fingerprint density at radius 3 is 2.55 bits per heavy atom. The minimum Gasteiger partial charge on any atom is -0.381 e. The van der Waals surface area contributed by atoms with E-state index >= 15 is 0 Å². The fourth-order valence-corrected chi connectivity index (χ4v) is 3.39. The Labute approximate surface area is 132 Å². The summed E-state index contributed by atoms with van der Waals surface area (Å²) in [7, 11) is 0. The van der Waals surface area contributed by atoms with E-state index in [-0.39, 0.29) is 17.9 Å². The third-order valence-electron chi connectivity index (χ3n) is 4.75. The number of nitrogens with zero attached hydrogens (tertiary/aromatic N) is 1. The van der Waals surface area contributed by atoms with Crippen molar-refractivity contribution < 1.29 is 9.53 Å². The summed E-state index contributed by atoms with van der Waals surface area (Å²) >= 11 is 0. The number of hydrogen-bond donors (Lipinski definition) is 1. The van der Waals surface area contributed by atoms with Crippen LogP contribution in [-0.2, 0) is 9.53 Å². The molecule has 3 rings (SSSR count). The molecule has 1 N–H and O–H groups in total. The molecule has 120 valence electrons. The number of nitrogens with one attached hydrogen (secondary N) is 1. The van der Waals surface area contributed by atoms with E-state index in [0.29, 0.717) is 13.2 Å². The first kappa shape index (κ1) is 15.5. The van der Waals surface area contributed by atoms with Gasteiger partial charge in [0.2, 0.25) is 5.91 Å². The highest BCUT2D eigenvalue weighted by atomic mass is 16.5. The number of likely N-dealkylation sites (tertiary alicyclic amines) is 1. The zero-order chi connectivity index (χ0) is 15.2. The lowest BCUT2D eigenvalue weighted by Gasteiger charge is -2.28. The van der Waals surface area contributed by atoms with E-state index in [9.17, 15) is 4.79 Å². The Morgan fingerprint density at radius 2 is 1.86 bits per heavy atom. The fraction of sp³-hybridized carbons (Fsp3) is 0.611. The second-order valence-corrected chi connectivity index (χ2v) is 6.37. The monoisotopic (exact) mass is 302 g/mol. The van der Waals surface area contributed by atoms with E-state index in [1.807, 2.05) is 18.2 Å². The Morgan fingerprint density at radius 1 is 1.18 bits per heavy atom. The molecule has 1 aromatic carbocycles. The molecule has 4 heteroatoms. The molecule has 0 radical (unpaired) electrons. The average Bonchev–Trinajstić information content (AvgIpc) is 3.09. The maximum absolute atomic E-state index is 12.6. The van der Waals surface area contributed by atoms with Crippen molar-refractivity contribution in [3.8, 4) is 0 Å². The van der Waals surface area contributed by atoms with Crippen molar-refractivity contribution in [2.24, 2.45) is 5.92 Å². The van der Waals surface area contributed by atoms with Gasteiger partial charge in [-0.05, 0) is 44.3 Å². The first-order valence-electron chi connectivity index (χ1n) is 8.48. The molecule has 0 spiro atoms. The van der Waals surface area contributed by atoms with Crippen LogP contribution in [0.2, 0.25) is 0 Å². The molecule has 2 heterocycles. The number of amides is 1. The van der Waals surface area contributed by atoms with Gasteiger partial charge in [0.1, 0.15) is 0 Å². The summed E-state index contributed by atoms with van der Waals surface area (Å²) in [6.45, 7) is 4.63. The van der Waals surface area contributed by atoms with Crippen LogP contribution in [0.3, 0.4) is 0 Å². The van der Waals surface area contributed by atoms with Gasteiger partial charge in [-0.15, -0.1) is 0 Å². The Kier molecular flexibility index (Phi) is 5.46. The zero-order valence-electron chi connectivity index (χ0n) is 13.2. The lowest BCUT2D eigenvalue weighted by molar-refractivity contribution is -0.128. The van der Waals surface area contributed by atoms with Crippen LogP contribution in [0.1, 0.15) is 37.3 Å². The summed E-state index contributed by atoms with van der Waals surface area (Å²) in [5, 5.41) is 3.29. The molecule has 2 aliphatic heterocycles. The van der Waals surface area contributed by atoms with Gasteiger partial charge in [-0.1, -0.05) is 30.3 Å². The first-order chi connectivity index (χ1) is 10.8. The highest BCUT2D eigenvalue weighted by Gasteiger charge is 2.26. The molecule has 0 bridgehead atoms. The molecule has 0 aromatic heterocycles. The van der Waals surface area contributed by atoms with Crippen molar-refractivity contribution in [3.63, 3.8) is 0 Å². The van der Waals surface area contributed by atoms with Crippen molar-refractivity contribution >= 4 is 5.91 Å². The van der Waals surface area contributed by atoms with E-state index in [1.165, 1.54) is 18.4 Å². The largest absolute Gasteiger partial charge is 0.381 e. The molecule has 22 heavy (non-hydrogen) atoms. The number of carbonyl (C=O) groups is 1. The van der Waals surface area contributed by atoms with Gasteiger partial charge in [0.15, 0.2) is 0 Å². The van der Waals surface area contributed by atoms with Gasteiger partial charge in [-0.25, -0.2) is 0 Å². The Hall–Kier alpha value is -1.39. The van der Waals surface area contributed by atoms with Crippen LogP contribution in [-0.4, -0.2) is 43.7 Å². The highest BCUT2D eigenvalue weighted by molar-refractivity contribution is 5.79. The Balaban J connectivity index is 1.65. The van der Waals surface area contributed by atoms with Gasteiger partial charge in [0.05, 0.1) is 6.04 Å². The van der Waals surface area contributed by atoms with Crippen LogP contribution >= 0.6 is 0 Å². The summed E-state index contributed by atoms with van der Waals surface area (Å²) in [5.41, 5.74) is 1.20. The van der Waals surface area contributed by atoms with E-state index in [0.717, 1.165) is 32.5 Å². The predicted molar refractivity (Wildman–Crippen MR) is 86.5 cm³/mol. The quantitative estimate of drug-likeness (QED) is 0.908. The van der Waals surface area contributed by atoms with Crippen molar-refractivity contribution in [3.05, 3.63) is 35.9 Å². The smallest absolute Gasteiger partial charge is 0.223 e. The number of benzene rings is 1. The standard InChI is InChI=1S/C18H26N2O2/c21-18(16-8-12-22-13-9-16)19-17(14-20-10-4-5-11-20)15-6-2-1-3-7-15/h1-3,6-7,16-17H,4-5,8-14H2,(H,19,21). The average molecular weight is 302 g/mol. The lowest BCUT2D eigenvalue weighted by Crippen LogP contribution is -2.41. The number of hydrogen-bond acceptors (Lipinski definition) is 3. The molecule has 1 aromatic rings. The van der Waals surface area contributed by atoms with Gasteiger partial charge < -0.3 is 15.0 Å². The minimum absolute atomic E-state index is 0.0923. The summed E-state index contributed by atoms with van der Waals surface area (Å²) in [5.74, 6) is 0.301. The van der Waals surface area contributed by atoms with E-state index < -0.39 is 0 Å². The summed E-state index contributed by atoms with van der Waals surface area (Å²) < 4.78 is 5.36. The molecule has 1 atom stereocenters. The van der Waals surface area contributed by atoms with Gasteiger partial charge in [0.25, 0.3) is 0 Å². The van der Waals surface area contributed by atoms with Gasteiger partial charge >= 0.3 is 0 Å². The van der Waals surface area contributed by atoms with Crippen molar-refractivity contribution in [1.82, 2.24) is 10.2 Å². The van der Waals surface area contributed by atoms with Crippen LogP contribution in [0.4, 0.5) is 0 Å². The van der Waals surface area contributed by atoms with Crippen molar-refractivity contribution in [1.29, 1.82) is 0 Å². The third kappa shape index (κ3) is 4.08. The second kappa shape index (κ2) is 7.75. The summed E-state index contributed by atoms with van der Waals surface area (Å²) in [6, 6.07) is 10.4. The van der Waals surface area contributed by atoms with E-state index in [4.69, 9.17) is 4.74 Å². The van der Waals surface area contributed by atoms with Crippen molar-refractivity contribution in [2.45, 2.75) is 31.7 Å². The lowest BCUT2D eigenvalue weighted by atomic mass is 9.98. The molecule has 0 aliphatic carbocycles. The molecule has 1 unspecified atom stereocenters. The molecular formula is C18H26N2O2. The van der Waals surface area contributed by atoms with E-state index in [1.54, 1.807) is 0 Å². The van der Waals surface area contributed by atoms with Crippen LogP contribution in [0.25, 0.3) is 0 Å². The molecule has 4 nitrogen and oxygen atoms in total. The number of carbonyl (C=O) groups excluding carboxylic acids is 1. The van der Waals surface area contributed by atoms with Gasteiger partial charge in [0, 0.05) is 25.7 Å². The maximum Gasteiger partial charge on any atom is 0.223 e. The molecule has 2 saturated heterocycles. The first-order valence-corrected chi connectivity index (χ1v) is 8.48. The predicted octanol–water partition coefficient (Wildman–Crippen LogP) is 2.37. The number of rotatable bonds is 5. The van der Waals surface area contributed by atoms with E-state index in [2.05, 4.69) is 22.3 Å². The summed E-state index contributed by atoms with van der Waals surface area (Å²) in [4.78, 5) is 15.0. The molecule has 2 aliphatic rings. The van der Waals surface area contributed by atoms with Crippen LogP contribution < -0.4 is 5.32 Å². The zero-order valence-corrected chi connectivity index (χ0v) is 13.2. The molecule has 1 amide bonds. The van der Waals surface area contributed by atoms with Gasteiger partial charge in [-0.2, -0.15) is 0 Å². The van der Waals surface area contributed by atoms with Crippen LogP contribution in [0.5, 0.6) is 0 Å². The second-order valence-electron chi connectivity index (χ2n) is 6.37. The maximum atomic E-state index is 12.6. The minimum atomic E-state index is 0.0923. The number of ether oxygens (including phenoxy) is 1. The normalized spacial score (nSPS) is 21.6. The van der Waals surface area contributed by atoms with Crippen molar-refractivity contribution in [2.75, 3.05) is 32.8 Å². The molecule has 0 saturated carbocycles. The van der Waals surface area contributed by atoms with Gasteiger partial charge in [-0.3, -0.25) is 4.79 Å². The fourth-order valence-electron chi connectivity index (χ4n) is 3.39. The third-order valence-corrected chi connectivity index (χ3v) is 4.75.